The number of hydrogen-bond donors (Lipinski definition) is 6. The quantitative estimate of drug-likeness (QED) is 0.314. The minimum atomic E-state index is -1.29. The lowest BCUT2D eigenvalue weighted by Crippen LogP contribution is -2.53. The number of para-hydroxylation sites is 1. The van der Waals surface area contributed by atoms with Crippen LogP contribution in [0.4, 0.5) is 0 Å². The number of aromatic carboxylic acids is 1. The number of nitrogens with two attached hydrogens (primary N) is 1. The van der Waals surface area contributed by atoms with Crippen LogP contribution in [0.25, 0.3) is 0 Å². The van der Waals surface area contributed by atoms with Crippen molar-refractivity contribution in [2.75, 3.05) is 13.2 Å². The predicted molar refractivity (Wildman–Crippen MR) is 111 cm³/mol. The summed E-state index contributed by atoms with van der Waals surface area (Å²) >= 11 is 0. The second kappa shape index (κ2) is 10.3. The van der Waals surface area contributed by atoms with Crippen molar-refractivity contribution in [1.82, 2.24) is 10.6 Å². The molecule has 7 N–H and O–H groups in total. The Bertz CT molecular complexity index is 756. The Morgan fingerprint density at radius 1 is 1.27 bits per heavy atom. The number of hydrogen-bond acceptors (Lipinski definition) is 7. The number of nitrogens with one attached hydrogen (secondary N) is 2. The summed E-state index contributed by atoms with van der Waals surface area (Å²) in [6.07, 6.45) is 4.45. The number of aliphatic hydroxyl groups excluding tert-OH is 1. The van der Waals surface area contributed by atoms with E-state index in [1.807, 2.05) is 0 Å². The molecule has 10 heteroatoms. The lowest BCUT2D eigenvalue weighted by atomic mass is 9.72. The van der Waals surface area contributed by atoms with Crippen LogP contribution in [0.15, 0.2) is 18.2 Å². The van der Waals surface area contributed by atoms with Crippen molar-refractivity contribution in [2.45, 2.75) is 56.5 Å². The summed E-state index contributed by atoms with van der Waals surface area (Å²) in [5, 5.41) is 34.7. The molecular formula is C20H30BN3O6. The van der Waals surface area contributed by atoms with Crippen LogP contribution in [0, 0.1) is 5.92 Å². The molecule has 0 unspecified atom stereocenters. The molecule has 2 aliphatic rings. The average molecular weight is 419 g/mol. The van der Waals surface area contributed by atoms with Gasteiger partial charge in [-0.15, -0.1) is 0 Å². The van der Waals surface area contributed by atoms with Gasteiger partial charge in [-0.1, -0.05) is 12.1 Å². The van der Waals surface area contributed by atoms with Gasteiger partial charge in [0.2, 0.25) is 5.91 Å². The molecule has 0 aromatic heterocycles. The summed E-state index contributed by atoms with van der Waals surface area (Å²) in [7, 11) is -1.29. The van der Waals surface area contributed by atoms with Crippen LogP contribution in [0.1, 0.15) is 48.0 Å². The molecule has 0 spiro atoms. The standard InChI is InChI=1S/C20H30BN3O6/c22-14(11-25)10-23-15-6-4-12(5-7-15)8-18(26)24-17-9-13-2-1-3-16(20(27)28)19(13)30-21(17)29/h1-3,12,14-15,17,23,25,29H,4-11,22H2,(H,24,26)(H,27,28)/t12-,14-,15-,17+/m1/s1. The van der Waals surface area contributed by atoms with Crippen molar-refractivity contribution in [1.29, 1.82) is 0 Å². The molecule has 1 fully saturated rings. The fraction of sp³-hybridized carbons (Fsp3) is 0.600. The fourth-order valence-electron chi connectivity index (χ4n) is 4.20. The van der Waals surface area contributed by atoms with E-state index in [2.05, 4.69) is 10.6 Å². The Morgan fingerprint density at radius 2 is 2.00 bits per heavy atom. The normalized spacial score (nSPS) is 24.5. The number of carbonyl (C=O) groups is 2. The van der Waals surface area contributed by atoms with E-state index < -0.39 is 19.0 Å². The van der Waals surface area contributed by atoms with Crippen LogP contribution in [0.3, 0.4) is 0 Å². The van der Waals surface area contributed by atoms with E-state index in [1.165, 1.54) is 6.07 Å². The van der Waals surface area contributed by atoms with E-state index in [0.717, 1.165) is 25.7 Å². The van der Waals surface area contributed by atoms with E-state index in [-0.39, 0.29) is 35.8 Å². The van der Waals surface area contributed by atoms with Gasteiger partial charge in [-0.2, -0.15) is 0 Å². The topological polar surface area (TPSA) is 154 Å². The minimum Gasteiger partial charge on any atom is -0.534 e. The predicted octanol–water partition coefficient (Wildman–Crippen LogP) is -0.318. The molecule has 1 aromatic carbocycles. The molecule has 9 nitrogen and oxygen atoms in total. The van der Waals surface area contributed by atoms with Crippen LogP contribution in [0.5, 0.6) is 5.75 Å². The summed E-state index contributed by atoms with van der Waals surface area (Å²) < 4.78 is 5.42. The van der Waals surface area contributed by atoms with Gasteiger partial charge in [0.15, 0.2) is 0 Å². The summed E-state index contributed by atoms with van der Waals surface area (Å²) in [5.74, 6) is -1.44. The number of carboxylic acids is 1. The van der Waals surface area contributed by atoms with E-state index in [9.17, 15) is 19.7 Å². The Labute approximate surface area is 176 Å². The van der Waals surface area contributed by atoms with Crippen molar-refractivity contribution < 1.29 is 29.5 Å². The summed E-state index contributed by atoms with van der Waals surface area (Å²) in [5.41, 5.74) is 6.36. The number of fused-ring (bicyclic) bond motifs is 1. The average Bonchev–Trinajstić information content (AvgIpc) is 2.73. The van der Waals surface area contributed by atoms with Crippen LogP contribution in [-0.2, 0) is 11.2 Å². The molecule has 0 bridgehead atoms. The summed E-state index contributed by atoms with van der Waals surface area (Å²) in [6, 6.07) is 4.89. The lowest BCUT2D eigenvalue weighted by Gasteiger charge is -2.31. The van der Waals surface area contributed by atoms with Gasteiger partial charge < -0.3 is 36.3 Å². The second-order valence-electron chi connectivity index (χ2n) is 8.26. The monoisotopic (exact) mass is 419 g/mol. The molecule has 1 amide bonds. The van der Waals surface area contributed by atoms with Crippen molar-refractivity contribution >= 4 is 19.0 Å². The largest absolute Gasteiger partial charge is 0.547 e. The highest BCUT2D eigenvalue weighted by Gasteiger charge is 2.38. The van der Waals surface area contributed by atoms with E-state index in [1.54, 1.807) is 12.1 Å². The van der Waals surface area contributed by atoms with Crippen molar-refractivity contribution in [3.8, 4) is 5.75 Å². The zero-order valence-corrected chi connectivity index (χ0v) is 16.9. The molecule has 1 heterocycles. The Balaban J connectivity index is 1.47. The van der Waals surface area contributed by atoms with E-state index in [0.29, 0.717) is 31.0 Å². The molecule has 2 atom stereocenters. The van der Waals surface area contributed by atoms with Crippen LogP contribution in [-0.4, -0.2) is 65.4 Å². The number of amides is 1. The number of aliphatic hydroxyl groups is 1. The van der Waals surface area contributed by atoms with Crippen molar-refractivity contribution in [3.63, 3.8) is 0 Å². The highest BCUT2D eigenvalue weighted by atomic mass is 16.5. The highest BCUT2D eigenvalue weighted by Crippen LogP contribution is 2.31. The van der Waals surface area contributed by atoms with Crippen molar-refractivity contribution in [3.05, 3.63) is 29.3 Å². The van der Waals surface area contributed by atoms with Gasteiger partial charge >= 0.3 is 13.1 Å². The maximum atomic E-state index is 12.5. The fourth-order valence-corrected chi connectivity index (χ4v) is 4.20. The molecule has 30 heavy (non-hydrogen) atoms. The third-order valence-electron chi connectivity index (χ3n) is 5.92. The van der Waals surface area contributed by atoms with Gasteiger partial charge in [0.05, 0.1) is 18.1 Å². The first-order valence-electron chi connectivity index (χ1n) is 10.5. The smallest absolute Gasteiger partial charge is 0.534 e. The van der Waals surface area contributed by atoms with Crippen molar-refractivity contribution in [2.24, 2.45) is 11.7 Å². The third-order valence-corrected chi connectivity index (χ3v) is 5.92. The zero-order valence-electron chi connectivity index (χ0n) is 16.9. The number of benzene rings is 1. The van der Waals surface area contributed by atoms with Crippen LogP contribution >= 0.6 is 0 Å². The van der Waals surface area contributed by atoms with Gasteiger partial charge in [-0.25, -0.2) is 4.79 Å². The molecule has 1 aliphatic heterocycles. The molecular weight excluding hydrogens is 389 g/mol. The van der Waals surface area contributed by atoms with Gasteiger partial charge in [0.1, 0.15) is 5.75 Å². The first-order valence-corrected chi connectivity index (χ1v) is 10.5. The summed E-state index contributed by atoms with van der Waals surface area (Å²) in [6.45, 7) is 0.540. The molecule has 1 saturated carbocycles. The maximum absolute atomic E-state index is 12.5. The Morgan fingerprint density at radius 3 is 2.67 bits per heavy atom. The molecule has 3 rings (SSSR count). The zero-order chi connectivity index (χ0) is 21.7. The van der Waals surface area contributed by atoms with Gasteiger partial charge in [-0.3, -0.25) is 4.79 Å². The van der Waals surface area contributed by atoms with Gasteiger partial charge in [-0.05, 0) is 49.7 Å². The molecule has 0 radical (unpaired) electrons. The minimum absolute atomic E-state index is 0.00152. The molecule has 1 aromatic rings. The maximum Gasteiger partial charge on any atom is 0.547 e. The van der Waals surface area contributed by atoms with Gasteiger partial charge in [0.25, 0.3) is 0 Å². The van der Waals surface area contributed by atoms with E-state index in [4.69, 9.17) is 15.5 Å². The number of rotatable bonds is 8. The Hall–Kier alpha value is -2.14. The highest BCUT2D eigenvalue weighted by molar-refractivity contribution is 6.47. The lowest BCUT2D eigenvalue weighted by molar-refractivity contribution is -0.122. The summed E-state index contributed by atoms with van der Waals surface area (Å²) in [4.78, 5) is 23.8. The molecule has 1 aliphatic carbocycles. The molecule has 0 saturated heterocycles. The SMILES string of the molecule is N[C@@H](CO)CN[C@H]1CC[C@H](CC(=O)N[C@H]2Cc3cccc(C(=O)O)c3OB2O)CC1. The van der Waals surface area contributed by atoms with Crippen LogP contribution in [0.2, 0.25) is 0 Å². The second-order valence-corrected chi connectivity index (χ2v) is 8.26. The third kappa shape index (κ3) is 5.72. The molecule has 164 valence electrons. The first-order chi connectivity index (χ1) is 14.4. The number of carboxylic acid groups (broad SMARTS) is 1. The van der Waals surface area contributed by atoms with Crippen LogP contribution < -0.4 is 21.0 Å². The van der Waals surface area contributed by atoms with E-state index >= 15 is 0 Å². The Kier molecular flexibility index (Phi) is 7.71. The van der Waals surface area contributed by atoms with Gasteiger partial charge in [0, 0.05) is 25.0 Å². The first kappa shape index (κ1) is 22.5. The number of carbonyl (C=O) groups excluding carboxylic acids is 1.